The molecule has 0 bridgehead atoms. The Kier molecular flexibility index (Phi) is 2.30. The molecule has 18 heavy (non-hydrogen) atoms. The van der Waals surface area contributed by atoms with Gasteiger partial charge >= 0.3 is 0 Å². The van der Waals surface area contributed by atoms with Gasteiger partial charge in [-0.15, -0.1) is 5.10 Å². The van der Waals surface area contributed by atoms with Crippen molar-refractivity contribution in [2.75, 3.05) is 0 Å². The van der Waals surface area contributed by atoms with Crippen LogP contribution in [0.15, 0.2) is 42.5 Å². The number of rotatable bonds is 2. The average molecular weight is 239 g/mol. The molecule has 0 spiro atoms. The van der Waals surface area contributed by atoms with E-state index in [1.807, 2.05) is 24.3 Å². The second-order valence-corrected chi connectivity index (χ2v) is 3.82. The van der Waals surface area contributed by atoms with Gasteiger partial charge in [0.15, 0.2) is 12.0 Å². The number of benzene rings is 2. The van der Waals surface area contributed by atoms with E-state index >= 15 is 0 Å². The van der Waals surface area contributed by atoms with Crippen molar-refractivity contribution in [2.45, 2.75) is 0 Å². The highest BCUT2D eigenvalue weighted by atomic mass is 16.3. The zero-order chi connectivity index (χ0) is 12.5. The van der Waals surface area contributed by atoms with E-state index < -0.39 is 0 Å². The van der Waals surface area contributed by atoms with Crippen molar-refractivity contribution in [1.29, 1.82) is 0 Å². The standard InChI is InChI=1S/C13H9N3O2/c17-8-9-4-3-7-12(13(9)18)16-11-6-2-1-5-10(11)14-15-16/h1-8,18H. The number of fused-ring (bicyclic) bond motifs is 1. The lowest BCUT2D eigenvalue weighted by Crippen LogP contribution is -1.98. The number of aromatic nitrogens is 3. The Labute approximate surface area is 102 Å². The van der Waals surface area contributed by atoms with Crippen LogP contribution in [-0.4, -0.2) is 26.4 Å². The number of phenols is 1. The van der Waals surface area contributed by atoms with Crippen molar-refractivity contribution in [3.8, 4) is 11.4 Å². The summed E-state index contributed by atoms with van der Waals surface area (Å²) in [4.78, 5) is 10.8. The van der Waals surface area contributed by atoms with E-state index in [0.29, 0.717) is 12.0 Å². The van der Waals surface area contributed by atoms with Crippen molar-refractivity contribution < 1.29 is 9.90 Å². The van der Waals surface area contributed by atoms with Gasteiger partial charge in [0.1, 0.15) is 11.2 Å². The third-order valence-electron chi connectivity index (χ3n) is 2.75. The fourth-order valence-corrected chi connectivity index (χ4v) is 1.86. The average Bonchev–Trinajstić information content (AvgIpc) is 2.83. The van der Waals surface area contributed by atoms with Crippen molar-refractivity contribution in [1.82, 2.24) is 15.0 Å². The Balaban J connectivity index is 2.30. The number of phenolic OH excluding ortho intramolecular Hbond substituents is 1. The Morgan fingerprint density at radius 3 is 2.78 bits per heavy atom. The van der Waals surface area contributed by atoms with Gasteiger partial charge in [-0.1, -0.05) is 23.4 Å². The SMILES string of the molecule is O=Cc1cccc(-n2nnc3ccccc32)c1O. The summed E-state index contributed by atoms with van der Waals surface area (Å²) < 4.78 is 1.51. The van der Waals surface area contributed by atoms with Gasteiger partial charge in [-0.3, -0.25) is 4.79 Å². The molecule has 0 saturated carbocycles. The van der Waals surface area contributed by atoms with Crippen LogP contribution >= 0.6 is 0 Å². The molecule has 2 aromatic carbocycles. The van der Waals surface area contributed by atoms with E-state index in [4.69, 9.17) is 0 Å². The van der Waals surface area contributed by atoms with E-state index in [1.165, 1.54) is 4.68 Å². The number of hydrogen-bond donors (Lipinski definition) is 1. The molecule has 5 heteroatoms. The Hall–Kier alpha value is -2.69. The minimum absolute atomic E-state index is 0.0943. The molecule has 0 radical (unpaired) electrons. The van der Waals surface area contributed by atoms with Crippen LogP contribution in [0.5, 0.6) is 5.75 Å². The van der Waals surface area contributed by atoms with E-state index in [1.54, 1.807) is 18.2 Å². The predicted molar refractivity (Wildman–Crippen MR) is 65.9 cm³/mol. The van der Waals surface area contributed by atoms with Crippen LogP contribution in [0, 0.1) is 0 Å². The molecular weight excluding hydrogens is 230 g/mol. The van der Waals surface area contributed by atoms with Crippen LogP contribution in [0.2, 0.25) is 0 Å². The summed E-state index contributed by atoms with van der Waals surface area (Å²) in [6.45, 7) is 0. The maximum Gasteiger partial charge on any atom is 0.153 e. The van der Waals surface area contributed by atoms with E-state index in [-0.39, 0.29) is 11.3 Å². The quantitative estimate of drug-likeness (QED) is 0.694. The normalized spacial score (nSPS) is 10.7. The van der Waals surface area contributed by atoms with Crippen LogP contribution < -0.4 is 0 Å². The highest BCUT2D eigenvalue weighted by Gasteiger charge is 2.12. The maximum atomic E-state index is 10.8. The number of carbonyl (C=O) groups is 1. The van der Waals surface area contributed by atoms with Gasteiger partial charge in [-0.2, -0.15) is 0 Å². The lowest BCUT2D eigenvalue weighted by atomic mass is 10.2. The van der Waals surface area contributed by atoms with Crippen molar-refractivity contribution in [3.63, 3.8) is 0 Å². The second kappa shape index (κ2) is 3.96. The third-order valence-corrected chi connectivity index (χ3v) is 2.75. The first-order valence-corrected chi connectivity index (χ1v) is 5.39. The second-order valence-electron chi connectivity index (χ2n) is 3.82. The molecule has 1 N–H and O–H groups in total. The maximum absolute atomic E-state index is 10.8. The summed E-state index contributed by atoms with van der Waals surface area (Å²) in [5.74, 6) is -0.0943. The Morgan fingerprint density at radius 1 is 1.11 bits per heavy atom. The fourth-order valence-electron chi connectivity index (χ4n) is 1.86. The van der Waals surface area contributed by atoms with E-state index in [2.05, 4.69) is 10.3 Å². The molecule has 0 unspecified atom stereocenters. The number of para-hydroxylation sites is 2. The monoisotopic (exact) mass is 239 g/mol. The number of aldehydes is 1. The van der Waals surface area contributed by atoms with Gasteiger partial charge in [-0.25, -0.2) is 4.68 Å². The van der Waals surface area contributed by atoms with E-state index in [9.17, 15) is 9.90 Å². The van der Waals surface area contributed by atoms with E-state index in [0.717, 1.165) is 11.0 Å². The molecule has 1 aromatic heterocycles. The molecule has 0 amide bonds. The number of carbonyl (C=O) groups excluding carboxylic acids is 1. The molecule has 0 fully saturated rings. The lowest BCUT2D eigenvalue weighted by molar-refractivity contribution is 0.112. The van der Waals surface area contributed by atoms with Crippen LogP contribution in [0.25, 0.3) is 16.7 Å². The Morgan fingerprint density at radius 2 is 1.94 bits per heavy atom. The van der Waals surface area contributed by atoms with Crippen molar-refractivity contribution >= 4 is 17.3 Å². The van der Waals surface area contributed by atoms with Crippen molar-refractivity contribution in [3.05, 3.63) is 48.0 Å². The number of aromatic hydroxyl groups is 1. The van der Waals surface area contributed by atoms with Crippen LogP contribution in [0.3, 0.4) is 0 Å². The molecule has 0 aliphatic rings. The molecular formula is C13H9N3O2. The van der Waals surface area contributed by atoms with Crippen LogP contribution in [-0.2, 0) is 0 Å². The smallest absolute Gasteiger partial charge is 0.153 e. The van der Waals surface area contributed by atoms with Gasteiger partial charge in [0.05, 0.1) is 11.1 Å². The zero-order valence-corrected chi connectivity index (χ0v) is 9.32. The molecule has 1 heterocycles. The largest absolute Gasteiger partial charge is 0.505 e. The van der Waals surface area contributed by atoms with Gasteiger partial charge in [0, 0.05) is 0 Å². The zero-order valence-electron chi connectivity index (χ0n) is 9.32. The van der Waals surface area contributed by atoms with Gasteiger partial charge in [0.25, 0.3) is 0 Å². The topological polar surface area (TPSA) is 68.0 Å². The molecule has 5 nitrogen and oxygen atoms in total. The minimum Gasteiger partial charge on any atom is -0.505 e. The first-order chi connectivity index (χ1) is 8.81. The molecule has 3 aromatic rings. The summed E-state index contributed by atoms with van der Waals surface area (Å²) >= 11 is 0. The van der Waals surface area contributed by atoms with Gasteiger partial charge < -0.3 is 5.11 Å². The van der Waals surface area contributed by atoms with Gasteiger partial charge in [0.2, 0.25) is 0 Å². The summed E-state index contributed by atoms with van der Waals surface area (Å²) in [5.41, 5.74) is 2.17. The molecule has 0 aliphatic carbocycles. The Bertz CT molecular complexity index is 734. The number of hydrogen-bond acceptors (Lipinski definition) is 4. The highest BCUT2D eigenvalue weighted by Crippen LogP contribution is 2.26. The van der Waals surface area contributed by atoms with Crippen LogP contribution in [0.1, 0.15) is 10.4 Å². The molecule has 0 saturated heterocycles. The lowest BCUT2D eigenvalue weighted by Gasteiger charge is -2.06. The molecule has 3 rings (SSSR count). The molecule has 88 valence electrons. The summed E-state index contributed by atoms with van der Waals surface area (Å²) in [7, 11) is 0. The molecule has 0 atom stereocenters. The van der Waals surface area contributed by atoms with Crippen LogP contribution in [0.4, 0.5) is 0 Å². The fraction of sp³-hybridized carbons (Fsp3) is 0. The number of nitrogens with zero attached hydrogens (tertiary/aromatic N) is 3. The highest BCUT2D eigenvalue weighted by molar-refractivity contribution is 5.83. The molecule has 0 aliphatic heterocycles. The summed E-state index contributed by atoms with van der Waals surface area (Å²) in [5, 5.41) is 18.0. The summed E-state index contributed by atoms with van der Waals surface area (Å²) in [6.07, 6.45) is 0.609. The van der Waals surface area contributed by atoms with Gasteiger partial charge in [-0.05, 0) is 24.3 Å². The predicted octanol–water partition coefficient (Wildman–Crippen LogP) is 1.94. The first kappa shape index (κ1) is 10.5. The van der Waals surface area contributed by atoms with Crippen molar-refractivity contribution in [2.24, 2.45) is 0 Å². The third kappa shape index (κ3) is 1.45. The first-order valence-electron chi connectivity index (χ1n) is 5.39. The minimum atomic E-state index is -0.0943. The summed E-state index contributed by atoms with van der Waals surface area (Å²) in [6, 6.07) is 12.3.